The predicted molar refractivity (Wildman–Crippen MR) is 92.8 cm³/mol. The van der Waals surface area contributed by atoms with Crippen LogP contribution in [0.25, 0.3) is 0 Å². The molecule has 0 unspecified atom stereocenters. The van der Waals surface area contributed by atoms with Crippen LogP contribution in [0.3, 0.4) is 0 Å². The molecule has 1 fully saturated rings. The van der Waals surface area contributed by atoms with Gasteiger partial charge < -0.3 is 15.1 Å². The van der Waals surface area contributed by atoms with Gasteiger partial charge in [0.05, 0.1) is 5.69 Å². The second kappa shape index (κ2) is 7.29. The number of nitrogens with zero attached hydrogens (tertiary/aromatic N) is 3. The van der Waals surface area contributed by atoms with Crippen LogP contribution >= 0.6 is 0 Å². The van der Waals surface area contributed by atoms with Crippen LogP contribution in [0.1, 0.15) is 5.69 Å². The normalized spacial score (nSPS) is 14.3. The lowest BCUT2D eigenvalue weighted by Crippen LogP contribution is -2.51. The van der Waals surface area contributed by atoms with Crippen molar-refractivity contribution in [3.8, 4) is 0 Å². The van der Waals surface area contributed by atoms with Gasteiger partial charge in [-0.05, 0) is 31.2 Å². The van der Waals surface area contributed by atoms with Crippen molar-refractivity contribution in [2.75, 3.05) is 36.4 Å². The van der Waals surface area contributed by atoms with E-state index >= 15 is 0 Å². The number of aromatic nitrogens is 1. The van der Waals surface area contributed by atoms with Crippen molar-refractivity contribution >= 4 is 23.3 Å². The maximum Gasteiger partial charge on any atom is 0.315 e. The Labute approximate surface area is 145 Å². The summed E-state index contributed by atoms with van der Waals surface area (Å²) >= 11 is 0. The molecule has 0 spiro atoms. The fourth-order valence-corrected chi connectivity index (χ4v) is 2.78. The summed E-state index contributed by atoms with van der Waals surface area (Å²) in [6, 6.07) is 11.7. The van der Waals surface area contributed by atoms with Gasteiger partial charge in [-0.15, -0.1) is 0 Å². The first-order valence-electron chi connectivity index (χ1n) is 8.08. The zero-order valence-electron chi connectivity index (χ0n) is 13.9. The van der Waals surface area contributed by atoms with E-state index in [1.54, 1.807) is 43.3 Å². The summed E-state index contributed by atoms with van der Waals surface area (Å²) in [4.78, 5) is 31.9. The minimum Gasteiger partial charge on any atom is -0.366 e. The van der Waals surface area contributed by atoms with Crippen molar-refractivity contribution in [1.82, 2.24) is 9.88 Å². The topological polar surface area (TPSA) is 65.5 Å². The van der Waals surface area contributed by atoms with E-state index in [0.717, 1.165) is 5.69 Å². The second-order valence-electron chi connectivity index (χ2n) is 5.85. The molecule has 3 rings (SSSR count). The van der Waals surface area contributed by atoms with E-state index in [4.69, 9.17) is 0 Å². The largest absolute Gasteiger partial charge is 0.366 e. The van der Waals surface area contributed by atoms with E-state index in [1.807, 2.05) is 4.90 Å². The van der Waals surface area contributed by atoms with Crippen LogP contribution in [0.2, 0.25) is 0 Å². The van der Waals surface area contributed by atoms with Gasteiger partial charge in [0, 0.05) is 31.9 Å². The number of rotatable bonds is 2. The maximum atomic E-state index is 13.8. The molecule has 6 nitrogen and oxygen atoms in total. The van der Waals surface area contributed by atoms with E-state index in [2.05, 4.69) is 10.3 Å². The SMILES string of the molecule is Cc1cccc(NC(=O)C(=O)N2CCN(c3ccccc3F)CC2)n1. The van der Waals surface area contributed by atoms with E-state index in [0.29, 0.717) is 37.7 Å². The van der Waals surface area contributed by atoms with Gasteiger partial charge in [-0.1, -0.05) is 18.2 Å². The number of benzene rings is 1. The number of carbonyl (C=O) groups is 2. The summed E-state index contributed by atoms with van der Waals surface area (Å²) in [5.74, 6) is -1.25. The Morgan fingerprint density at radius 2 is 1.76 bits per heavy atom. The van der Waals surface area contributed by atoms with Gasteiger partial charge in [0.25, 0.3) is 0 Å². The number of amides is 2. The molecule has 25 heavy (non-hydrogen) atoms. The highest BCUT2D eigenvalue weighted by Crippen LogP contribution is 2.20. The van der Waals surface area contributed by atoms with Gasteiger partial charge in [-0.2, -0.15) is 0 Å². The van der Waals surface area contributed by atoms with Gasteiger partial charge in [-0.3, -0.25) is 9.59 Å². The molecular weight excluding hydrogens is 323 g/mol. The fraction of sp³-hybridized carbons (Fsp3) is 0.278. The van der Waals surface area contributed by atoms with Gasteiger partial charge in [0.1, 0.15) is 11.6 Å². The number of piperazine rings is 1. The highest BCUT2D eigenvalue weighted by atomic mass is 19.1. The lowest BCUT2D eigenvalue weighted by Gasteiger charge is -2.35. The van der Waals surface area contributed by atoms with Crippen molar-refractivity contribution in [3.05, 3.63) is 54.0 Å². The molecule has 130 valence electrons. The molecule has 2 amide bonds. The first-order chi connectivity index (χ1) is 12.0. The Bertz CT molecular complexity index is 788. The maximum absolute atomic E-state index is 13.8. The number of para-hydroxylation sites is 1. The van der Waals surface area contributed by atoms with Crippen LogP contribution in [0.15, 0.2) is 42.5 Å². The minimum absolute atomic E-state index is 0.287. The molecule has 0 saturated carbocycles. The Hall–Kier alpha value is -2.96. The number of anilines is 2. The third-order valence-corrected chi connectivity index (χ3v) is 4.08. The molecule has 7 heteroatoms. The lowest BCUT2D eigenvalue weighted by molar-refractivity contribution is -0.143. The summed E-state index contributed by atoms with van der Waals surface area (Å²) in [6.45, 7) is 3.48. The molecule has 0 bridgehead atoms. The van der Waals surface area contributed by atoms with Gasteiger partial charge in [0.2, 0.25) is 0 Å². The summed E-state index contributed by atoms with van der Waals surface area (Å²) in [7, 11) is 0. The van der Waals surface area contributed by atoms with Crippen molar-refractivity contribution in [3.63, 3.8) is 0 Å². The molecule has 2 heterocycles. The zero-order chi connectivity index (χ0) is 17.8. The summed E-state index contributed by atoms with van der Waals surface area (Å²) in [5.41, 5.74) is 1.27. The van der Waals surface area contributed by atoms with Gasteiger partial charge in [-0.25, -0.2) is 9.37 Å². The Kier molecular flexibility index (Phi) is 4.92. The molecule has 2 aromatic rings. The van der Waals surface area contributed by atoms with Gasteiger partial charge >= 0.3 is 11.8 Å². The summed E-state index contributed by atoms with van der Waals surface area (Å²) in [6.07, 6.45) is 0. The standard InChI is InChI=1S/C18H19FN4O2/c1-13-5-4-8-16(20-13)21-17(24)18(25)23-11-9-22(10-12-23)15-7-3-2-6-14(15)19/h2-8H,9-12H2,1H3,(H,20,21,24). The van der Waals surface area contributed by atoms with Crippen molar-refractivity contribution < 1.29 is 14.0 Å². The third kappa shape index (κ3) is 3.93. The average Bonchev–Trinajstić information content (AvgIpc) is 2.62. The summed E-state index contributed by atoms with van der Waals surface area (Å²) in [5, 5.41) is 2.52. The number of pyridine rings is 1. The molecule has 0 radical (unpaired) electrons. The van der Waals surface area contributed by atoms with Gasteiger partial charge in [0.15, 0.2) is 0 Å². The number of aryl methyl sites for hydroxylation is 1. The van der Waals surface area contributed by atoms with Crippen LogP contribution in [0, 0.1) is 12.7 Å². The van der Waals surface area contributed by atoms with E-state index < -0.39 is 11.8 Å². The van der Waals surface area contributed by atoms with E-state index in [9.17, 15) is 14.0 Å². The zero-order valence-corrected chi connectivity index (χ0v) is 13.9. The Morgan fingerprint density at radius 3 is 2.44 bits per heavy atom. The van der Waals surface area contributed by atoms with E-state index in [1.165, 1.54) is 11.0 Å². The molecule has 1 aromatic heterocycles. The monoisotopic (exact) mass is 342 g/mol. The smallest absolute Gasteiger partial charge is 0.315 e. The highest BCUT2D eigenvalue weighted by Gasteiger charge is 2.27. The van der Waals surface area contributed by atoms with Crippen LogP contribution in [-0.4, -0.2) is 47.9 Å². The van der Waals surface area contributed by atoms with Crippen molar-refractivity contribution in [1.29, 1.82) is 0 Å². The van der Waals surface area contributed by atoms with Crippen molar-refractivity contribution in [2.24, 2.45) is 0 Å². The third-order valence-electron chi connectivity index (χ3n) is 4.08. The molecular formula is C18H19FN4O2. The highest BCUT2D eigenvalue weighted by molar-refractivity contribution is 6.39. The number of carbonyl (C=O) groups excluding carboxylic acids is 2. The molecule has 1 N–H and O–H groups in total. The fourth-order valence-electron chi connectivity index (χ4n) is 2.78. The second-order valence-corrected chi connectivity index (χ2v) is 5.85. The quantitative estimate of drug-likeness (QED) is 0.846. The van der Waals surface area contributed by atoms with Crippen LogP contribution < -0.4 is 10.2 Å². The average molecular weight is 342 g/mol. The van der Waals surface area contributed by atoms with Crippen LogP contribution in [0.4, 0.5) is 15.9 Å². The lowest BCUT2D eigenvalue weighted by atomic mass is 10.2. The Morgan fingerprint density at radius 1 is 1.04 bits per heavy atom. The van der Waals surface area contributed by atoms with Crippen molar-refractivity contribution in [2.45, 2.75) is 6.92 Å². The first kappa shape index (κ1) is 16.9. The molecule has 1 aliphatic rings. The predicted octanol–water partition coefficient (Wildman–Crippen LogP) is 1.82. The molecule has 0 atom stereocenters. The Balaban J connectivity index is 1.58. The number of halogens is 1. The number of hydrogen-bond acceptors (Lipinski definition) is 4. The molecule has 1 saturated heterocycles. The first-order valence-corrected chi connectivity index (χ1v) is 8.08. The molecule has 1 aliphatic heterocycles. The van der Waals surface area contributed by atoms with Crippen LogP contribution in [-0.2, 0) is 9.59 Å². The van der Waals surface area contributed by atoms with E-state index in [-0.39, 0.29) is 5.82 Å². The molecule has 0 aliphatic carbocycles. The molecule has 1 aromatic carbocycles. The number of hydrogen-bond donors (Lipinski definition) is 1. The van der Waals surface area contributed by atoms with Crippen LogP contribution in [0.5, 0.6) is 0 Å². The number of nitrogens with one attached hydrogen (secondary N) is 1. The minimum atomic E-state index is -0.711. The summed E-state index contributed by atoms with van der Waals surface area (Å²) < 4.78 is 13.8.